The van der Waals surface area contributed by atoms with Gasteiger partial charge in [0, 0.05) is 5.56 Å². The van der Waals surface area contributed by atoms with E-state index in [0.717, 1.165) is 23.8 Å². The van der Waals surface area contributed by atoms with Crippen molar-refractivity contribution in [3.8, 4) is 0 Å². The Labute approximate surface area is 145 Å². The summed E-state index contributed by atoms with van der Waals surface area (Å²) in [6.07, 6.45) is -4.54. The zero-order chi connectivity index (χ0) is 17.6. The van der Waals surface area contributed by atoms with Crippen molar-refractivity contribution in [2.24, 2.45) is 4.99 Å². The molecule has 0 aliphatic carbocycles. The molecule has 0 saturated carbocycles. The van der Waals surface area contributed by atoms with E-state index in [2.05, 4.69) is 10.3 Å². The van der Waals surface area contributed by atoms with Crippen molar-refractivity contribution in [3.05, 3.63) is 57.1 Å². The zero-order valence-electron chi connectivity index (χ0n) is 12.1. The lowest BCUT2D eigenvalue weighted by Crippen LogP contribution is -2.14. The molecule has 0 saturated heterocycles. The second-order valence-corrected chi connectivity index (χ2v) is 6.01. The number of nitrogens with one attached hydrogen (secondary N) is 1. The fourth-order valence-electron chi connectivity index (χ4n) is 2.36. The van der Waals surface area contributed by atoms with Crippen LogP contribution >= 0.6 is 23.2 Å². The topological polar surface area (TPSA) is 41.5 Å². The Morgan fingerprint density at radius 1 is 1.08 bits per heavy atom. The molecule has 3 nitrogen and oxygen atoms in total. The summed E-state index contributed by atoms with van der Waals surface area (Å²) in [7, 11) is 0. The van der Waals surface area contributed by atoms with E-state index in [1.165, 1.54) is 0 Å². The smallest absolute Gasteiger partial charge is 0.320 e. The summed E-state index contributed by atoms with van der Waals surface area (Å²) in [6, 6.07) is 6.06. The molecule has 1 heterocycles. The van der Waals surface area contributed by atoms with Crippen LogP contribution in [-0.2, 0) is 11.0 Å². The highest BCUT2D eigenvalue weighted by molar-refractivity contribution is 6.57. The Bertz CT molecular complexity index is 892. The molecule has 124 valence electrons. The number of anilines is 1. The first-order valence-electron chi connectivity index (χ1n) is 6.74. The molecule has 2 aromatic carbocycles. The second kappa shape index (κ2) is 5.79. The lowest BCUT2D eigenvalue weighted by Gasteiger charge is -2.09. The van der Waals surface area contributed by atoms with Gasteiger partial charge in [-0.1, -0.05) is 29.3 Å². The molecule has 0 bridgehead atoms. The van der Waals surface area contributed by atoms with Crippen LogP contribution in [0.3, 0.4) is 0 Å². The number of aliphatic imine (C=N–C) groups is 1. The van der Waals surface area contributed by atoms with Crippen LogP contribution in [0.15, 0.2) is 35.3 Å². The number of carbonyl (C=O) groups is 1. The second-order valence-electron chi connectivity index (χ2n) is 5.19. The van der Waals surface area contributed by atoms with Crippen LogP contribution in [0.1, 0.15) is 16.7 Å². The molecule has 1 N–H and O–H groups in total. The number of fused-ring (bicyclic) bond motifs is 1. The maximum Gasteiger partial charge on any atom is 0.416 e. The highest BCUT2D eigenvalue weighted by Gasteiger charge is 2.32. The molecule has 0 aromatic heterocycles. The minimum Gasteiger partial charge on any atom is -0.320 e. The summed E-state index contributed by atoms with van der Waals surface area (Å²) in [5.74, 6) is -0.547. The molecule has 1 aliphatic heterocycles. The van der Waals surface area contributed by atoms with Gasteiger partial charge in [-0.25, -0.2) is 4.99 Å². The van der Waals surface area contributed by atoms with Crippen molar-refractivity contribution in [1.82, 2.24) is 0 Å². The Morgan fingerprint density at radius 2 is 1.75 bits per heavy atom. The Hall–Kier alpha value is -2.05. The summed E-state index contributed by atoms with van der Waals surface area (Å²) in [6.45, 7) is 1.77. The van der Waals surface area contributed by atoms with Gasteiger partial charge in [0.25, 0.3) is 5.91 Å². The SMILES string of the molecule is Cc1ccc(Cl)c2c1NC(=O)C2=Nc1cc(C(F)(F)F)ccc1Cl. The van der Waals surface area contributed by atoms with Gasteiger partial charge < -0.3 is 5.32 Å². The summed E-state index contributed by atoms with van der Waals surface area (Å²) >= 11 is 12.1. The monoisotopic (exact) mass is 372 g/mol. The predicted molar refractivity (Wildman–Crippen MR) is 87.5 cm³/mol. The van der Waals surface area contributed by atoms with Crippen molar-refractivity contribution in [1.29, 1.82) is 0 Å². The third kappa shape index (κ3) is 2.87. The van der Waals surface area contributed by atoms with E-state index in [1.807, 2.05) is 0 Å². The molecule has 0 atom stereocenters. The van der Waals surface area contributed by atoms with Crippen LogP contribution in [-0.4, -0.2) is 11.6 Å². The van der Waals surface area contributed by atoms with E-state index < -0.39 is 17.6 Å². The number of alkyl halides is 3. The van der Waals surface area contributed by atoms with Crippen molar-refractivity contribution in [3.63, 3.8) is 0 Å². The van der Waals surface area contributed by atoms with Crippen molar-refractivity contribution < 1.29 is 18.0 Å². The first-order valence-corrected chi connectivity index (χ1v) is 7.50. The van der Waals surface area contributed by atoms with Crippen molar-refractivity contribution >= 4 is 46.2 Å². The molecule has 0 radical (unpaired) electrons. The number of carbonyl (C=O) groups excluding carboxylic acids is 1. The van der Waals surface area contributed by atoms with E-state index in [0.29, 0.717) is 11.3 Å². The normalized spacial score (nSPS) is 15.6. The van der Waals surface area contributed by atoms with E-state index in [9.17, 15) is 18.0 Å². The van der Waals surface area contributed by atoms with Crippen LogP contribution in [0, 0.1) is 6.92 Å². The lowest BCUT2D eigenvalue weighted by molar-refractivity contribution is -0.137. The number of benzene rings is 2. The number of hydrogen-bond donors (Lipinski definition) is 1. The Balaban J connectivity index is 2.18. The lowest BCUT2D eigenvalue weighted by atomic mass is 10.1. The number of aryl methyl sites for hydroxylation is 1. The maximum absolute atomic E-state index is 12.9. The first kappa shape index (κ1) is 16.8. The molecule has 0 fully saturated rings. The van der Waals surface area contributed by atoms with E-state index in [4.69, 9.17) is 23.2 Å². The van der Waals surface area contributed by atoms with Crippen LogP contribution in [0.2, 0.25) is 10.0 Å². The number of nitrogens with zero attached hydrogens (tertiary/aromatic N) is 1. The van der Waals surface area contributed by atoms with E-state index in [-0.39, 0.29) is 21.4 Å². The Kier molecular flexibility index (Phi) is 4.05. The summed E-state index contributed by atoms with van der Waals surface area (Å²) in [4.78, 5) is 16.2. The molecule has 0 unspecified atom stereocenters. The van der Waals surface area contributed by atoms with Crippen LogP contribution < -0.4 is 5.32 Å². The molecule has 0 spiro atoms. The number of rotatable bonds is 1. The molecule has 1 amide bonds. The number of halogens is 5. The molecular formula is C16H9Cl2F3N2O. The minimum atomic E-state index is -4.54. The molecule has 1 aliphatic rings. The maximum atomic E-state index is 12.9. The molecule has 24 heavy (non-hydrogen) atoms. The quantitative estimate of drug-likeness (QED) is 0.715. The summed E-state index contributed by atoms with van der Waals surface area (Å²) in [5, 5.41) is 2.90. The third-order valence-electron chi connectivity index (χ3n) is 3.56. The van der Waals surface area contributed by atoms with E-state index >= 15 is 0 Å². The first-order chi connectivity index (χ1) is 11.2. The van der Waals surface area contributed by atoms with Gasteiger partial charge in [0.1, 0.15) is 5.71 Å². The van der Waals surface area contributed by atoms with Crippen molar-refractivity contribution in [2.45, 2.75) is 13.1 Å². The number of hydrogen-bond acceptors (Lipinski definition) is 2. The zero-order valence-corrected chi connectivity index (χ0v) is 13.6. The molecule has 2 aromatic rings. The predicted octanol–water partition coefficient (Wildman–Crippen LogP) is 5.39. The Morgan fingerprint density at radius 3 is 2.42 bits per heavy atom. The third-order valence-corrected chi connectivity index (χ3v) is 4.19. The van der Waals surface area contributed by atoms with Gasteiger partial charge in [0.2, 0.25) is 0 Å². The largest absolute Gasteiger partial charge is 0.416 e. The minimum absolute atomic E-state index is 0.000487. The van der Waals surface area contributed by atoms with Crippen LogP contribution in [0.4, 0.5) is 24.5 Å². The van der Waals surface area contributed by atoms with E-state index in [1.54, 1.807) is 19.1 Å². The standard InChI is InChI=1S/C16H9Cl2F3N2O/c1-7-2-4-10(18)12-13(7)23-15(24)14(12)22-11-6-8(16(19,20)21)3-5-9(11)17/h2-6H,1H3,(H,22,23,24). The van der Waals surface area contributed by atoms with Gasteiger partial charge in [-0.15, -0.1) is 0 Å². The highest BCUT2D eigenvalue weighted by Crippen LogP contribution is 2.38. The van der Waals surface area contributed by atoms with Crippen LogP contribution in [0.25, 0.3) is 0 Å². The van der Waals surface area contributed by atoms with Gasteiger partial charge in [0.05, 0.1) is 27.0 Å². The van der Waals surface area contributed by atoms with Crippen LogP contribution in [0.5, 0.6) is 0 Å². The van der Waals surface area contributed by atoms with Gasteiger partial charge >= 0.3 is 6.18 Å². The molecule has 3 rings (SSSR count). The fraction of sp³-hybridized carbons (Fsp3) is 0.125. The average molecular weight is 373 g/mol. The molecular weight excluding hydrogens is 364 g/mol. The highest BCUT2D eigenvalue weighted by atomic mass is 35.5. The molecule has 8 heteroatoms. The van der Waals surface area contributed by atoms with Gasteiger partial charge in [-0.2, -0.15) is 13.2 Å². The van der Waals surface area contributed by atoms with Gasteiger partial charge in [-0.05, 0) is 36.8 Å². The summed E-state index contributed by atoms with van der Waals surface area (Å²) < 4.78 is 38.6. The van der Waals surface area contributed by atoms with Crippen molar-refractivity contribution in [2.75, 3.05) is 5.32 Å². The summed E-state index contributed by atoms with van der Waals surface area (Å²) in [5.41, 5.74) is 0.495. The van der Waals surface area contributed by atoms with Gasteiger partial charge in [0.15, 0.2) is 0 Å². The number of amides is 1. The fourth-order valence-corrected chi connectivity index (χ4v) is 2.77. The van der Waals surface area contributed by atoms with Gasteiger partial charge in [-0.3, -0.25) is 4.79 Å². The average Bonchev–Trinajstić information content (AvgIpc) is 2.82.